The molecule has 0 unspecified atom stereocenters. The quantitative estimate of drug-likeness (QED) is 0.885. The number of halogens is 1. The second-order valence-electron chi connectivity index (χ2n) is 3.18. The van der Waals surface area contributed by atoms with Crippen LogP contribution in [0.1, 0.15) is 5.69 Å². The Hall–Kier alpha value is -0.880. The van der Waals surface area contributed by atoms with Crippen LogP contribution in [-0.2, 0) is 6.54 Å². The van der Waals surface area contributed by atoms with Gasteiger partial charge in [0.1, 0.15) is 6.26 Å². The number of oxazole rings is 1. The highest BCUT2D eigenvalue weighted by atomic mass is 127. The van der Waals surface area contributed by atoms with E-state index in [4.69, 9.17) is 4.42 Å². The summed E-state index contributed by atoms with van der Waals surface area (Å²) in [4.78, 5) is 4.38. The summed E-state index contributed by atoms with van der Waals surface area (Å²) < 4.78 is 6.58. The van der Waals surface area contributed by atoms with Crippen molar-refractivity contribution < 1.29 is 4.42 Å². The summed E-state index contributed by atoms with van der Waals surface area (Å²) in [5, 5.41) is 3.04. The summed E-state index contributed by atoms with van der Waals surface area (Å²) in [7, 11) is 1.89. The molecule has 0 saturated carbocycles. The van der Waals surface area contributed by atoms with Crippen LogP contribution in [-0.4, -0.2) is 12.0 Å². The molecule has 15 heavy (non-hydrogen) atoms. The van der Waals surface area contributed by atoms with Gasteiger partial charge in [0.15, 0.2) is 0 Å². The highest BCUT2D eigenvalue weighted by Gasteiger charge is 2.05. The van der Waals surface area contributed by atoms with Gasteiger partial charge in [-0.1, -0.05) is 6.07 Å². The van der Waals surface area contributed by atoms with E-state index in [0.717, 1.165) is 17.8 Å². The van der Waals surface area contributed by atoms with Gasteiger partial charge in [0, 0.05) is 15.7 Å². The number of nitrogens with one attached hydrogen (secondary N) is 1. The summed E-state index contributed by atoms with van der Waals surface area (Å²) in [5.41, 5.74) is 1.94. The smallest absolute Gasteiger partial charge is 0.226 e. The minimum atomic E-state index is 0.679. The first-order chi connectivity index (χ1) is 7.29. The van der Waals surface area contributed by atoms with E-state index in [1.54, 1.807) is 6.26 Å². The zero-order valence-electron chi connectivity index (χ0n) is 8.33. The molecule has 0 aliphatic rings. The number of hydrogen-bond acceptors (Lipinski definition) is 3. The summed E-state index contributed by atoms with van der Waals surface area (Å²) in [5.74, 6) is 0.679. The average Bonchev–Trinajstić information content (AvgIpc) is 2.67. The van der Waals surface area contributed by atoms with E-state index in [1.165, 1.54) is 3.57 Å². The van der Waals surface area contributed by atoms with Crippen LogP contribution in [0.15, 0.2) is 34.9 Å². The molecule has 1 N–H and O–H groups in total. The molecule has 0 amide bonds. The molecular weight excluding hydrogens is 303 g/mol. The molecule has 1 heterocycles. The third-order valence-electron chi connectivity index (χ3n) is 1.98. The van der Waals surface area contributed by atoms with Gasteiger partial charge < -0.3 is 9.73 Å². The van der Waals surface area contributed by atoms with E-state index in [2.05, 4.69) is 39.0 Å². The molecule has 1 aromatic heterocycles. The van der Waals surface area contributed by atoms with E-state index in [1.807, 2.05) is 25.2 Å². The molecule has 3 nitrogen and oxygen atoms in total. The Balaban J connectivity index is 2.29. The third kappa shape index (κ3) is 2.57. The van der Waals surface area contributed by atoms with Gasteiger partial charge in [0.2, 0.25) is 5.89 Å². The van der Waals surface area contributed by atoms with Crippen LogP contribution >= 0.6 is 22.6 Å². The summed E-state index contributed by atoms with van der Waals surface area (Å²) in [6.07, 6.45) is 1.69. The van der Waals surface area contributed by atoms with E-state index in [0.29, 0.717) is 5.89 Å². The van der Waals surface area contributed by atoms with Gasteiger partial charge in [-0.3, -0.25) is 0 Å². The molecule has 0 aliphatic heterocycles. The second-order valence-corrected chi connectivity index (χ2v) is 4.43. The Morgan fingerprint density at radius 3 is 3.07 bits per heavy atom. The molecule has 0 atom stereocenters. The van der Waals surface area contributed by atoms with Crippen LogP contribution < -0.4 is 5.32 Å². The van der Waals surface area contributed by atoms with Gasteiger partial charge in [-0.15, -0.1) is 0 Å². The first-order valence-electron chi connectivity index (χ1n) is 4.64. The first-order valence-corrected chi connectivity index (χ1v) is 5.72. The van der Waals surface area contributed by atoms with Crippen molar-refractivity contribution in [3.8, 4) is 11.5 Å². The fourth-order valence-corrected chi connectivity index (χ4v) is 1.87. The average molecular weight is 314 g/mol. The van der Waals surface area contributed by atoms with Gasteiger partial charge in [-0.2, -0.15) is 0 Å². The van der Waals surface area contributed by atoms with Crippen molar-refractivity contribution in [2.45, 2.75) is 6.54 Å². The lowest BCUT2D eigenvalue weighted by atomic mass is 10.2. The van der Waals surface area contributed by atoms with Crippen molar-refractivity contribution in [1.82, 2.24) is 10.3 Å². The van der Waals surface area contributed by atoms with Crippen LogP contribution in [0.3, 0.4) is 0 Å². The Kier molecular flexibility index (Phi) is 3.37. The van der Waals surface area contributed by atoms with Crippen LogP contribution in [0.2, 0.25) is 0 Å². The maximum Gasteiger partial charge on any atom is 0.226 e. The zero-order chi connectivity index (χ0) is 10.7. The van der Waals surface area contributed by atoms with Crippen molar-refractivity contribution >= 4 is 22.6 Å². The molecule has 78 valence electrons. The third-order valence-corrected chi connectivity index (χ3v) is 2.65. The van der Waals surface area contributed by atoms with Crippen molar-refractivity contribution in [2.75, 3.05) is 7.05 Å². The minimum Gasteiger partial charge on any atom is -0.444 e. The molecule has 2 rings (SSSR count). The largest absolute Gasteiger partial charge is 0.444 e. The lowest BCUT2D eigenvalue weighted by Gasteiger charge is -1.95. The van der Waals surface area contributed by atoms with Crippen LogP contribution in [0.4, 0.5) is 0 Å². The maximum atomic E-state index is 5.40. The summed E-state index contributed by atoms with van der Waals surface area (Å²) >= 11 is 2.27. The van der Waals surface area contributed by atoms with Crippen molar-refractivity contribution in [3.63, 3.8) is 0 Å². The maximum absolute atomic E-state index is 5.40. The molecular formula is C11H11IN2O. The van der Waals surface area contributed by atoms with Crippen LogP contribution in [0, 0.1) is 3.57 Å². The van der Waals surface area contributed by atoms with Crippen molar-refractivity contribution in [2.24, 2.45) is 0 Å². The van der Waals surface area contributed by atoms with E-state index in [-0.39, 0.29) is 0 Å². The van der Waals surface area contributed by atoms with Gasteiger partial charge in [-0.25, -0.2) is 4.98 Å². The molecule has 0 bridgehead atoms. The van der Waals surface area contributed by atoms with Gasteiger partial charge >= 0.3 is 0 Å². The standard InChI is InChI=1S/C11H11IN2O/c1-13-6-10-7-15-11(14-10)8-3-2-4-9(12)5-8/h2-5,7,13H,6H2,1H3. The van der Waals surface area contributed by atoms with Gasteiger partial charge in [0.25, 0.3) is 0 Å². The first kappa shape index (κ1) is 10.6. The number of aromatic nitrogens is 1. The number of nitrogens with zero attached hydrogens (tertiary/aromatic N) is 1. The lowest BCUT2D eigenvalue weighted by molar-refractivity contribution is 0.571. The van der Waals surface area contributed by atoms with Crippen molar-refractivity contribution in [1.29, 1.82) is 0 Å². The Morgan fingerprint density at radius 2 is 2.33 bits per heavy atom. The second kappa shape index (κ2) is 4.76. The molecule has 0 radical (unpaired) electrons. The van der Waals surface area contributed by atoms with E-state index in [9.17, 15) is 0 Å². The number of hydrogen-bond donors (Lipinski definition) is 1. The minimum absolute atomic E-state index is 0.679. The van der Waals surface area contributed by atoms with Gasteiger partial charge in [0.05, 0.1) is 5.69 Å². The number of benzene rings is 1. The van der Waals surface area contributed by atoms with Gasteiger partial charge in [-0.05, 0) is 47.8 Å². The molecule has 0 spiro atoms. The molecule has 0 fully saturated rings. The number of rotatable bonds is 3. The normalized spacial score (nSPS) is 10.5. The molecule has 0 saturated heterocycles. The Morgan fingerprint density at radius 1 is 1.47 bits per heavy atom. The lowest BCUT2D eigenvalue weighted by Crippen LogP contribution is -2.04. The van der Waals surface area contributed by atoms with Crippen LogP contribution in [0.25, 0.3) is 11.5 Å². The topological polar surface area (TPSA) is 38.1 Å². The fraction of sp³-hybridized carbons (Fsp3) is 0.182. The van der Waals surface area contributed by atoms with E-state index >= 15 is 0 Å². The molecule has 1 aromatic carbocycles. The zero-order valence-corrected chi connectivity index (χ0v) is 10.5. The monoisotopic (exact) mass is 314 g/mol. The summed E-state index contributed by atoms with van der Waals surface area (Å²) in [6.45, 7) is 0.730. The summed E-state index contributed by atoms with van der Waals surface area (Å²) in [6, 6.07) is 8.09. The van der Waals surface area contributed by atoms with Crippen molar-refractivity contribution in [3.05, 3.63) is 39.8 Å². The molecule has 0 aliphatic carbocycles. The van der Waals surface area contributed by atoms with Crippen LogP contribution in [0.5, 0.6) is 0 Å². The SMILES string of the molecule is CNCc1coc(-c2cccc(I)c2)n1. The predicted octanol–water partition coefficient (Wildman–Crippen LogP) is 2.67. The Labute approximate surface area is 102 Å². The Bertz CT molecular complexity index is 453. The fourth-order valence-electron chi connectivity index (χ4n) is 1.32. The highest BCUT2D eigenvalue weighted by Crippen LogP contribution is 2.20. The molecule has 2 aromatic rings. The predicted molar refractivity (Wildman–Crippen MR) is 67.4 cm³/mol. The molecule has 4 heteroatoms. The highest BCUT2D eigenvalue weighted by molar-refractivity contribution is 14.1. The van der Waals surface area contributed by atoms with E-state index < -0.39 is 0 Å².